The van der Waals surface area contributed by atoms with Crippen molar-refractivity contribution in [2.75, 3.05) is 39.2 Å². The molecule has 0 radical (unpaired) electrons. The maximum absolute atomic E-state index is 12.0. The summed E-state index contributed by atoms with van der Waals surface area (Å²) in [6.45, 7) is 2.38. The van der Waals surface area contributed by atoms with Crippen LogP contribution >= 0.6 is 0 Å². The van der Waals surface area contributed by atoms with Crippen LogP contribution in [-0.4, -0.2) is 45.8 Å². The minimum atomic E-state index is 0.0475. The Morgan fingerprint density at radius 2 is 1.93 bits per heavy atom. The van der Waals surface area contributed by atoms with Crippen molar-refractivity contribution in [2.24, 2.45) is 4.99 Å². The summed E-state index contributed by atoms with van der Waals surface area (Å²) in [6, 6.07) is 15.9. The van der Waals surface area contributed by atoms with Gasteiger partial charge in [-0.15, -0.1) is 0 Å². The van der Waals surface area contributed by atoms with Gasteiger partial charge in [-0.1, -0.05) is 30.3 Å². The third-order valence-electron chi connectivity index (χ3n) is 4.79. The lowest BCUT2D eigenvalue weighted by molar-refractivity contribution is -0.116. The fraction of sp³-hybridized carbons (Fsp3) is 0.364. The monoisotopic (exact) mass is 396 g/mol. The number of amides is 1. The van der Waals surface area contributed by atoms with E-state index in [-0.39, 0.29) is 11.8 Å². The van der Waals surface area contributed by atoms with Gasteiger partial charge in [-0.05, 0) is 29.3 Å². The Balaban J connectivity index is 1.49. The Morgan fingerprint density at radius 1 is 1.14 bits per heavy atom. The number of hydrogen-bond donors (Lipinski definition) is 3. The fourth-order valence-electron chi connectivity index (χ4n) is 3.26. The van der Waals surface area contributed by atoms with E-state index in [4.69, 9.17) is 9.47 Å². The molecule has 0 aromatic heterocycles. The molecule has 2 aromatic rings. The predicted octanol–water partition coefficient (Wildman–Crippen LogP) is 2.50. The van der Waals surface area contributed by atoms with Crippen molar-refractivity contribution in [3.8, 4) is 5.75 Å². The third-order valence-corrected chi connectivity index (χ3v) is 4.79. The first-order valence-electron chi connectivity index (χ1n) is 9.73. The zero-order valence-electron chi connectivity index (χ0n) is 16.9. The van der Waals surface area contributed by atoms with Gasteiger partial charge in [-0.2, -0.15) is 0 Å². The molecule has 0 fully saturated rings. The molecular weight excluding hydrogens is 368 g/mol. The van der Waals surface area contributed by atoms with Gasteiger partial charge in [-0.25, -0.2) is 0 Å². The number of benzene rings is 2. The average Bonchev–Trinajstić information content (AvgIpc) is 2.74. The first-order chi connectivity index (χ1) is 14.2. The molecular formula is C22H28N4O3. The highest BCUT2D eigenvalue weighted by atomic mass is 16.5. The molecule has 1 heterocycles. The van der Waals surface area contributed by atoms with E-state index in [1.54, 1.807) is 14.2 Å². The van der Waals surface area contributed by atoms with E-state index in [2.05, 4.69) is 27.0 Å². The van der Waals surface area contributed by atoms with Gasteiger partial charge in [0.2, 0.25) is 5.91 Å². The molecule has 1 amide bonds. The maximum Gasteiger partial charge on any atom is 0.225 e. The summed E-state index contributed by atoms with van der Waals surface area (Å²) >= 11 is 0. The summed E-state index contributed by atoms with van der Waals surface area (Å²) in [5.74, 6) is 1.68. The van der Waals surface area contributed by atoms with E-state index in [1.807, 2.05) is 42.5 Å². The summed E-state index contributed by atoms with van der Waals surface area (Å²) < 4.78 is 10.6. The van der Waals surface area contributed by atoms with Crippen LogP contribution in [0, 0.1) is 0 Å². The quantitative estimate of drug-likeness (QED) is 0.363. The van der Waals surface area contributed by atoms with Crippen LogP contribution in [0.4, 0.5) is 5.69 Å². The highest BCUT2D eigenvalue weighted by Crippen LogP contribution is 2.31. The van der Waals surface area contributed by atoms with Crippen LogP contribution in [0.2, 0.25) is 0 Å². The Morgan fingerprint density at radius 3 is 2.69 bits per heavy atom. The van der Waals surface area contributed by atoms with E-state index in [0.29, 0.717) is 38.7 Å². The number of carbonyl (C=O) groups is 1. The number of nitrogens with one attached hydrogen (secondary N) is 3. The first kappa shape index (κ1) is 20.7. The van der Waals surface area contributed by atoms with E-state index >= 15 is 0 Å². The van der Waals surface area contributed by atoms with Gasteiger partial charge in [0.15, 0.2) is 5.96 Å². The lowest BCUT2D eigenvalue weighted by Crippen LogP contribution is -2.40. The van der Waals surface area contributed by atoms with Crippen LogP contribution < -0.4 is 20.7 Å². The molecule has 1 aliphatic heterocycles. The largest absolute Gasteiger partial charge is 0.491 e. The first-order valence-corrected chi connectivity index (χ1v) is 9.73. The summed E-state index contributed by atoms with van der Waals surface area (Å²) in [4.78, 5) is 16.3. The summed E-state index contributed by atoms with van der Waals surface area (Å²) in [6.07, 6.45) is 0.464. The zero-order chi connectivity index (χ0) is 20.5. The highest BCUT2D eigenvalue weighted by Gasteiger charge is 2.24. The molecule has 2 aromatic carbocycles. The number of nitrogens with zero attached hydrogens (tertiary/aromatic N) is 1. The maximum atomic E-state index is 12.0. The number of ether oxygens (including phenoxy) is 2. The molecule has 0 saturated heterocycles. The van der Waals surface area contributed by atoms with Crippen LogP contribution in [-0.2, 0) is 16.1 Å². The lowest BCUT2D eigenvalue weighted by atomic mass is 9.90. The molecule has 3 rings (SSSR count). The Bertz CT molecular complexity index is 836. The van der Waals surface area contributed by atoms with Crippen LogP contribution in [0.5, 0.6) is 5.75 Å². The van der Waals surface area contributed by atoms with E-state index in [9.17, 15) is 4.79 Å². The molecule has 7 nitrogen and oxygen atoms in total. The van der Waals surface area contributed by atoms with Crippen LogP contribution in [0.1, 0.15) is 23.5 Å². The van der Waals surface area contributed by atoms with Gasteiger partial charge in [-0.3, -0.25) is 9.79 Å². The van der Waals surface area contributed by atoms with Crippen molar-refractivity contribution >= 4 is 17.6 Å². The van der Waals surface area contributed by atoms with Crippen molar-refractivity contribution in [3.63, 3.8) is 0 Å². The molecule has 1 atom stereocenters. The molecule has 3 N–H and O–H groups in total. The number of methoxy groups -OCH3 is 1. The molecule has 0 spiro atoms. The SMILES string of the molecule is CN=C(NCc1ccc(OCCOC)cc1)NCC1CC(=O)Nc2ccccc21. The van der Waals surface area contributed by atoms with Crippen molar-refractivity contribution in [1.29, 1.82) is 0 Å². The number of aliphatic imine (C=N–C) groups is 1. The van der Waals surface area contributed by atoms with E-state index in [1.165, 1.54) is 0 Å². The van der Waals surface area contributed by atoms with E-state index in [0.717, 1.165) is 22.6 Å². The van der Waals surface area contributed by atoms with Crippen molar-refractivity contribution in [2.45, 2.75) is 18.9 Å². The van der Waals surface area contributed by atoms with Gasteiger partial charge >= 0.3 is 0 Å². The molecule has 1 aliphatic rings. The second-order valence-electron chi connectivity index (χ2n) is 6.83. The van der Waals surface area contributed by atoms with Gasteiger partial charge in [0.05, 0.1) is 6.61 Å². The number of carbonyl (C=O) groups excluding carboxylic acids is 1. The molecule has 1 unspecified atom stereocenters. The zero-order valence-corrected chi connectivity index (χ0v) is 16.9. The summed E-state index contributed by atoms with van der Waals surface area (Å²) in [5.41, 5.74) is 3.17. The summed E-state index contributed by atoms with van der Waals surface area (Å²) in [5, 5.41) is 9.58. The van der Waals surface area contributed by atoms with Crippen molar-refractivity contribution in [3.05, 3.63) is 59.7 Å². The normalized spacial score (nSPS) is 16.0. The Hall–Kier alpha value is -3.06. The number of fused-ring (bicyclic) bond motifs is 1. The number of rotatable bonds is 8. The highest BCUT2D eigenvalue weighted by molar-refractivity contribution is 5.94. The smallest absolute Gasteiger partial charge is 0.225 e. The van der Waals surface area contributed by atoms with E-state index < -0.39 is 0 Å². The molecule has 0 aliphatic carbocycles. The second kappa shape index (κ2) is 10.5. The lowest BCUT2D eigenvalue weighted by Gasteiger charge is -2.26. The summed E-state index contributed by atoms with van der Waals surface area (Å²) in [7, 11) is 3.39. The second-order valence-corrected chi connectivity index (χ2v) is 6.83. The number of guanidine groups is 1. The average molecular weight is 396 g/mol. The molecule has 0 saturated carbocycles. The van der Waals surface area contributed by atoms with Gasteiger partial charge < -0.3 is 25.4 Å². The van der Waals surface area contributed by atoms with Crippen LogP contribution in [0.3, 0.4) is 0 Å². The van der Waals surface area contributed by atoms with Gasteiger partial charge in [0.1, 0.15) is 12.4 Å². The van der Waals surface area contributed by atoms with Crippen LogP contribution in [0.25, 0.3) is 0 Å². The fourth-order valence-corrected chi connectivity index (χ4v) is 3.26. The Labute approximate surface area is 171 Å². The van der Waals surface area contributed by atoms with Crippen molar-refractivity contribution in [1.82, 2.24) is 10.6 Å². The number of para-hydroxylation sites is 1. The minimum Gasteiger partial charge on any atom is -0.491 e. The third kappa shape index (κ3) is 5.96. The minimum absolute atomic E-state index is 0.0475. The standard InChI is InChI=1S/C22H28N4O3/c1-23-22(24-14-16-7-9-18(10-8-16)29-12-11-28-2)25-15-17-13-21(27)26-20-6-4-3-5-19(17)20/h3-10,17H,11-15H2,1-2H3,(H,26,27)(H2,23,24,25). The topological polar surface area (TPSA) is 84.0 Å². The predicted molar refractivity (Wildman–Crippen MR) is 114 cm³/mol. The molecule has 7 heteroatoms. The van der Waals surface area contributed by atoms with Gasteiger partial charge in [0.25, 0.3) is 0 Å². The van der Waals surface area contributed by atoms with Crippen LogP contribution in [0.15, 0.2) is 53.5 Å². The van der Waals surface area contributed by atoms with Crippen molar-refractivity contribution < 1.29 is 14.3 Å². The molecule has 154 valence electrons. The molecule has 0 bridgehead atoms. The number of hydrogen-bond acceptors (Lipinski definition) is 4. The Kier molecular flexibility index (Phi) is 7.47. The van der Waals surface area contributed by atoms with Gasteiger partial charge in [0, 0.05) is 45.3 Å². The molecule has 29 heavy (non-hydrogen) atoms. The number of anilines is 1.